The lowest BCUT2D eigenvalue weighted by atomic mass is 9.91. The summed E-state index contributed by atoms with van der Waals surface area (Å²) in [5, 5.41) is 0. The summed E-state index contributed by atoms with van der Waals surface area (Å²) < 4.78 is 28.9. The molecule has 0 bridgehead atoms. The van der Waals surface area contributed by atoms with Crippen LogP contribution in [0.5, 0.6) is 0 Å². The lowest BCUT2D eigenvalue weighted by Crippen LogP contribution is -2.45. The number of hydrogen-bond donors (Lipinski definition) is 0. The van der Waals surface area contributed by atoms with Gasteiger partial charge in [0.1, 0.15) is 31.8 Å². The average molecular weight is 684 g/mol. The maximum atomic E-state index is 13.2. The summed E-state index contributed by atoms with van der Waals surface area (Å²) in [7, 11) is 0. The third-order valence-electron chi connectivity index (χ3n) is 9.51. The van der Waals surface area contributed by atoms with Crippen molar-refractivity contribution in [2.45, 2.75) is 138 Å². The van der Waals surface area contributed by atoms with Crippen molar-refractivity contribution >= 4 is 23.9 Å². The molecule has 1 saturated heterocycles. The van der Waals surface area contributed by atoms with E-state index in [0.717, 1.165) is 77.8 Å². The topological polar surface area (TPSA) is 118 Å². The molecule has 10 nitrogen and oxygen atoms in total. The molecule has 0 aliphatic carbocycles. The second kappa shape index (κ2) is 26.6. The Balaban J connectivity index is 3.16. The largest absolute Gasteiger partial charge is 0.465 e. The van der Waals surface area contributed by atoms with Crippen molar-refractivity contribution < 1.29 is 42.9 Å². The Bertz CT molecular complexity index is 811. The molecule has 10 heteroatoms. The highest BCUT2D eigenvalue weighted by atomic mass is 16.6. The van der Waals surface area contributed by atoms with Crippen LogP contribution in [0.15, 0.2) is 0 Å². The van der Waals surface area contributed by atoms with E-state index in [0.29, 0.717) is 44.9 Å². The molecule has 0 N–H and O–H groups in total. The quantitative estimate of drug-likeness (QED) is 0.0472. The Kier molecular flexibility index (Phi) is 24.3. The second-order valence-corrected chi connectivity index (χ2v) is 13.6. The van der Waals surface area contributed by atoms with Crippen molar-refractivity contribution in [1.82, 2.24) is 4.90 Å². The van der Waals surface area contributed by atoms with Gasteiger partial charge in [0.2, 0.25) is 0 Å². The molecule has 1 fully saturated rings. The van der Waals surface area contributed by atoms with Gasteiger partial charge in [-0.25, -0.2) is 0 Å². The fourth-order valence-electron chi connectivity index (χ4n) is 5.83. The normalized spacial score (nSPS) is 16.7. The molecule has 0 spiro atoms. The molecule has 0 saturated carbocycles. The highest BCUT2D eigenvalue weighted by Gasteiger charge is 2.39. The third-order valence-corrected chi connectivity index (χ3v) is 9.51. The number of esters is 4. The van der Waals surface area contributed by atoms with Crippen molar-refractivity contribution in [1.29, 1.82) is 0 Å². The van der Waals surface area contributed by atoms with Gasteiger partial charge in [0.05, 0.1) is 31.0 Å². The lowest BCUT2D eigenvalue weighted by Gasteiger charge is -2.33. The number of unbranched alkanes of at least 4 members (excludes halogenated alkanes) is 4. The molecule has 1 rings (SSSR count). The summed E-state index contributed by atoms with van der Waals surface area (Å²) in [6, 6.07) is 0. The summed E-state index contributed by atoms with van der Waals surface area (Å²) >= 11 is 0. The molecule has 0 aromatic heterocycles. The van der Waals surface area contributed by atoms with Gasteiger partial charge in [0, 0.05) is 19.5 Å². The smallest absolute Gasteiger partial charge is 0.308 e. The van der Waals surface area contributed by atoms with Crippen LogP contribution in [0.4, 0.5) is 0 Å². The molecule has 3 unspecified atom stereocenters. The zero-order chi connectivity index (χ0) is 35.6. The van der Waals surface area contributed by atoms with E-state index < -0.39 is 5.41 Å². The first-order valence-electron chi connectivity index (χ1n) is 19.1. The number of rotatable bonds is 28. The zero-order valence-corrected chi connectivity index (χ0v) is 31.3. The Morgan fingerprint density at radius 2 is 0.979 bits per heavy atom. The van der Waals surface area contributed by atoms with Crippen LogP contribution in [0.3, 0.4) is 0 Å². The molecular formula is C38H69NO9. The van der Waals surface area contributed by atoms with Gasteiger partial charge >= 0.3 is 23.9 Å². The second-order valence-electron chi connectivity index (χ2n) is 13.6. The van der Waals surface area contributed by atoms with Crippen LogP contribution in [-0.4, -0.2) is 88.1 Å². The van der Waals surface area contributed by atoms with E-state index in [4.69, 9.17) is 23.7 Å². The van der Waals surface area contributed by atoms with E-state index in [9.17, 15) is 19.2 Å². The van der Waals surface area contributed by atoms with Gasteiger partial charge in [-0.05, 0) is 57.9 Å². The third kappa shape index (κ3) is 18.0. The SMILES string of the molecule is CCCCC(CC)C(=O)OCC(COC(=O)CCCCN1CCOCC1)(COC(=O)C(CC)CCCC)COC(=O)C(CC)CCCC. The van der Waals surface area contributed by atoms with Crippen molar-refractivity contribution in [3.8, 4) is 0 Å². The van der Waals surface area contributed by atoms with Gasteiger partial charge in [-0.1, -0.05) is 80.1 Å². The maximum absolute atomic E-state index is 13.2. The van der Waals surface area contributed by atoms with Crippen molar-refractivity contribution in [3.63, 3.8) is 0 Å². The first-order chi connectivity index (χ1) is 23.2. The van der Waals surface area contributed by atoms with Crippen molar-refractivity contribution in [3.05, 3.63) is 0 Å². The number of nitrogens with zero attached hydrogens (tertiary/aromatic N) is 1. The minimum absolute atomic E-state index is 0.198. The molecule has 3 atom stereocenters. The lowest BCUT2D eigenvalue weighted by molar-refractivity contribution is -0.175. The van der Waals surface area contributed by atoms with Crippen LogP contribution in [0.25, 0.3) is 0 Å². The highest BCUT2D eigenvalue weighted by Crippen LogP contribution is 2.26. The molecule has 1 aliphatic rings. The summed E-state index contributed by atoms with van der Waals surface area (Å²) in [5.41, 5.74) is -1.24. The van der Waals surface area contributed by atoms with E-state index in [1.165, 1.54) is 0 Å². The minimum atomic E-state index is -1.24. The average Bonchev–Trinajstić information content (AvgIpc) is 3.10. The molecule has 0 radical (unpaired) electrons. The summed E-state index contributed by atoms with van der Waals surface area (Å²) in [4.78, 5) is 55.0. The summed E-state index contributed by atoms with van der Waals surface area (Å²) in [5.74, 6) is -2.21. The Labute approximate surface area is 291 Å². The van der Waals surface area contributed by atoms with Crippen LogP contribution in [-0.2, 0) is 42.9 Å². The molecule has 48 heavy (non-hydrogen) atoms. The van der Waals surface area contributed by atoms with Gasteiger partial charge in [-0.15, -0.1) is 0 Å². The molecule has 1 heterocycles. The van der Waals surface area contributed by atoms with Crippen molar-refractivity contribution in [2.75, 3.05) is 59.3 Å². The predicted molar refractivity (Wildman–Crippen MR) is 187 cm³/mol. The van der Waals surface area contributed by atoms with E-state index in [-0.39, 0.29) is 74.5 Å². The maximum Gasteiger partial charge on any atom is 0.308 e. The summed E-state index contributed by atoms with van der Waals surface area (Å²) in [6.45, 7) is 15.5. The van der Waals surface area contributed by atoms with Gasteiger partial charge in [0.15, 0.2) is 0 Å². The fourth-order valence-corrected chi connectivity index (χ4v) is 5.83. The standard InChI is InChI=1S/C38H69NO9/c1-7-13-18-31(10-4)35(41)46-28-38(29-47-36(42)32(11-5)19-14-8-2,30-48-37(43)33(12-6)20-15-9-3)27-45-34(40)21-16-17-22-39-23-25-44-26-24-39/h31-33H,7-30H2,1-6H3. The fraction of sp³-hybridized carbons (Fsp3) is 0.895. The highest BCUT2D eigenvalue weighted by molar-refractivity contribution is 5.74. The number of carbonyl (C=O) groups excluding carboxylic acids is 4. The molecule has 0 amide bonds. The van der Waals surface area contributed by atoms with Crippen LogP contribution in [0, 0.1) is 23.2 Å². The number of morpholine rings is 1. The monoisotopic (exact) mass is 683 g/mol. The number of hydrogen-bond acceptors (Lipinski definition) is 10. The Morgan fingerprint density at radius 3 is 1.35 bits per heavy atom. The van der Waals surface area contributed by atoms with E-state index >= 15 is 0 Å². The predicted octanol–water partition coefficient (Wildman–Crippen LogP) is 7.30. The molecule has 280 valence electrons. The first kappa shape index (κ1) is 43.8. The molecule has 0 aromatic carbocycles. The zero-order valence-electron chi connectivity index (χ0n) is 31.3. The number of ether oxygens (including phenoxy) is 5. The van der Waals surface area contributed by atoms with Gasteiger partial charge in [-0.3, -0.25) is 24.1 Å². The van der Waals surface area contributed by atoms with Crippen molar-refractivity contribution in [2.24, 2.45) is 23.2 Å². The van der Waals surface area contributed by atoms with E-state index in [1.807, 2.05) is 20.8 Å². The number of carbonyl (C=O) groups is 4. The van der Waals surface area contributed by atoms with Crippen LogP contribution < -0.4 is 0 Å². The molecule has 0 aromatic rings. The van der Waals surface area contributed by atoms with E-state index in [2.05, 4.69) is 25.7 Å². The molecular weight excluding hydrogens is 614 g/mol. The van der Waals surface area contributed by atoms with Crippen LogP contribution >= 0.6 is 0 Å². The van der Waals surface area contributed by atoms with E-state index in [1.54, 1.807) is 0 Å². The van der Waals surface area contributed by atoms with Gasteiger partial charge in [-0.2, -0.15) is 0 Å². The van der Waals surface area contributed by atoms with Crippen LogP contribution in [0.1, 0.15) is 138 Å². The van der Waals surface area contributed by atoms with Crippen LogP contribution in [0.2, 0.25) is 0 Å². The van der Waals surface area contributed by atoms with Gasteiger partial charge in [0.25, 0.3) is 0 Å². The van der Waals surface area contributed by atoms with Gasteiger partial charge < -0.3 is 23.7 Å². The molecule has 1 aliphatic heterocycles. The Hall–Kier alpha value is -2.20. The minimum Gasteiger partial charge on any atom is -0.465 e. The summed E-state index contributed by atoms with van der Waals surface area (Å²) in [6.07, 6.45) is 11.4. The first-order valence-corrected chi connectivity index (χ1v) is 19.1. The Morgan fingerprint density at radius 1 is 0.583 bits per heavy atom.